The second kappa shape index (κ2) is 6.15. The lowest BCUT2D eigenvalue weighted by atomic mass is 10.1. The predicted molar refractivity (Wildman–Crippen MR) is 72.9 cm³/mol. The smallest absolute Gasteiger partial charge is 0.289 e. The Morgan fingerprint density at radius 3 is 2.68 bits per heavy atom. The summed E-state index contributed by atoms with van der Waals surface area (Å²) in [7, 11) is 1.83. The molecule has 0 atom stereocenters. The number of likely N-dealkylation sites (N-methyl/N-ethyl adjacent to an activating group) is 1. The van der Waals surface area contributed by atoms with Gasteiger partial charge < -0.3 is 15.2 Å². The topological polar surface area (TPSA) is 67.2 Å². The standard InChI is InChI=1S/C14H17N3O2/c1-10-3-5-11(6-4-10)12-9-13(19-17-12)14(18)16-8-7-15-2/h3-6,9,15H,7-8H2,1-2H3,(H,16,18). The number of carbonyl (C=O) groups is 1. The minimum absolute atomic E-state index is 0.228. The lowest BCUT2D eigenvalue weighted by Crippen LogP contribution is -2.30. The molecule has 100 valence electrons. The van der Waals surface area contributed by atoms with Gasteiger partial charge in [-0.25, -0.2) is 0 Å². The van der Waals surface area contributed by atoms with Crippen LogP contribution in [0.4, 0.5) is 0 Å². The van der Waals surface area contributed by atoms with Crippen molar-refractivity contribution in [1.29, 1.82) is 0 Å². The summed E-state index contributed by atoms with van der Waals surface area (Å²) in [6, 6.07) is 9.55. The van der Waals surface area contributed by atoms with Gasteiger partial charge in [0.05, 0.1) is 0 Å². The Labute approximate surface area is 112 Å². The number of carbonyl (C=O) groups excluding carboxylic acids is 1. The van der Waals surface area contributed by atoms with E-state index in [-0.39, 0.29) is 11.7 Å². The average Bonchev–Trinajstić information content (AvgIpc) is 2.89. The summed E-state index contributed by atoms with van der Waals surface area (Å²) < 4.78 is 5.06. The van der Waals surface area contributed by atoms with Gasteiger partial charge in [0.25, 0.3) is 5.91 Å². The van der Waals surface area contributed by atoms with Crippen molar-refractivity contribution in [3.8, 4) is 11.3 Å². The van der Waals surface area contributed by atoms with Crippen LogP contribution in [0.5, 0.6) is 0 Å². The van der Waals surface area contributed by atoms with E-state index in [2.05, 4.69) is 15.8 Å². The van der Waals surface area contributed by atoms with E-state index in [9.17, 15) is 4.79 Å². The zero-order valence-corrected chi connectivity index (χ0v) is 11.1. The zero-order chi connectivity index (χ0) is 13.7. The highest BCUT2D eigenvalue weighted by Crippen LogP contribution is 2.19. The molecule has 1 aromatic heterocycles. The van der Waals surface area contributed by atoms with Gasteiger partial charge >= 0.3 is 0 Å². The maximum absolute atomic E-state index is 11.7. The molecule has 0 aliphatic heterocycles. The van der Waals surface area contributed by atoms with Crippen LogP contribution in [-0.4, -0.2) is 31.2 Å². The van der Waals surface area contributed by atoms with Crippen LogP contribution in [0.25, 0.3) is 11.3 Å². The maximum Gasteiger partial charge on any atom is 0.289 e. The average molecular weight is 259 g/mol. The molecule has 0 unspecified atom stereocenters. The van der Waals surface area contributed by atoms with Gasteiger partial charge in [-0.3, -0.25) is 4.79 Å². The molecular formula is C14H17N3O2. The summed E-state index contributed by atoms with van der Waals surface area (Å²) in [5.41, 5.74) is 2.78. The summed E-state index contributed by atoms with van der Waals surface area (Å²) in [4.78, 5) is 11.7. The minimum atomic E-state index is -0.249. The fourth-order valence-corrected chi connectivity index (χ4v) is 1.63. The Morgan fingerprint density at radius 2 is 2.00 bits per heavy atom. The van der Waals surface area contributed by atoms with Gasteiger partial charge in [-0.2, -0.15) is 0 Å². The van der Waals surface area contributed by atoms with E-state index < -0.39 is 0 Å². The normalized spacial score (nSPS) is 10.4. The molecule has 5 nitrogen and oxygen atoms in total. The number of amides is 1. The summed E-state index contributed by atoms with van der Waals surface area (Å²) >= 11 is 0. The van der Waals surface area contributed by atoms with E-state index >= 15 is 0 Å². The molecule has 2 N–H and O–H groups in total. The van der Waals surface area contributed by atoms with Gasteiger partial charge in [-0.15, -0.1) is 0 Å². The van der Waals surface area contributed by atoms with E-state index in [1.165, 1.54) is 5.56 Å². The third-order valence-corrected chi connectivity index (χ3v) is 2.74. The maximum atomic E-state index is 11.7. The number of hydrogen-bond donors (Lipinski definition) is 2. The lowest BCUT2D eigenvalue weighted by molar-refractivity contribution is 0.0917. The summed E-state index contributed by atoms with van der Waals surface area (Å²) in [6.45, 7) is 3.29. The number of nitrogens with one attached hydrogen (secondary N) is 2. The van der Waals surface area contributed by atoms with Crippen molar-refractivity contribution in [3.63, 3.8) is 0 Å². The quantitative estimate of drug-likeness (QED) is 0.800. The highest BCUT2D eigenvalue weighted by Gasteiger charge is 2.13. The fraction of sp³-hybridized carbons (Fsp3) is 0.286. The first-order valence-corrected chi connectivity index (χ1v) is 6.17. The van der Waals surface area contributed by atoms with Crippen LogP contribution in [0.2, 0.25) is 0 Å². The molecule has 19 heavy (non-hydrogen) atoms. The highest BCUT2D eigenvalue weighted by molar-refractivity contribution is 5.92. The molecule has 1 heterocycles. The van der Waals surface area contributed by atoms with Crippen molar-refractivity contribution in [2.75, 3.05) is 20.1 Å². The van der Waals surface area contributed by atoms with Crippen molar-refractivity contribution in [2.24, 2.45) is 0 Å². The summed E-state index contributed by atoms with van der Waals surface area (Å²) in [5.74, 6) is -0.0206. The molecule has 0 radical (unpaired) electrons. The van der Waals surface area contributed by atoms with Crippen molar-refractivity contribution in [3.05, 3.63) is 41.7 Å². The van der Waals surface area contributed by atoms with Crippen molar-refractivity contribution >= 4 is 5.91 Å². The largest absolute Gasteiger partial charge is 0.350 e. The Morgan fingerprint density at radius 1 is 1.26 bits per heavy atom. The number of nitrogens with zero attached hydrogens (tertiary/aromatic N) is 1. The Bertz CT molecular complexity index is 546. The third kappa shape index (κ3) is 3.42. The van der Waals surface area contributed by atoms with E-state index in [0.29, 0.717) is 18.8 Å². The molecule has 0 fully saturated rings. The van der Waals surface area contributed by atoms with Gasteiger partial charge in [0.2, 0.25) is 5.76 Å². The van der Waals surface area contributed by atoms with Gasteiger partial charge in [-0.1, -0.05) is 35.0 Å². The molecule has 0 spiro atoms. The number of hydrogen-bond acceptors (Lipinski definition) is 4. The van der Waals surface area contributed by atoms with Crippen LogP contribution in [0.3, 0.4) is 0 Å². The zero-order valence-electron chi connectivity index (χ0n) is 11.1. The van der Waals surface area contributed by atoms with Crippen molar-refractivity contribution in [1.82, 2.24) is 15.8 Å². The van der Waals surface area contributed by atoms with Crippen LogP contribution >= 0.6 is 0 Å². The first kappa shape index (κ1) is 13.3. The lowest BCUT2D eigenvalue weighted by Gasteiger charge is -2.00. The third-order valence-electron chi connectivity index (χ3n) is 2.74. The molecule has 0 aliphatic carbocycles. The van der Waals surface area contributed by atoms with Crippen LogP contribution in [0.1, 0.15) is 16.1 Å². The molecule has 2 aromatic rings. The van der Waals surface area contributed by atoms with Gasteiger partial charge in [0.15, 0.2) is 0 Å². The predicted octanol–water partition coefficient (Wildman–Crippen LogP) is 1.60. The highest BCUT2D eigenvalue weighted by atomic mass is 16.5. The van der Waals surface area contributed by atoms with Crippen LogP contribution < -0.4 is 10.6 Å². The molecule has 0 saturated carbocycles. The molecule has 1 aromatic carbocycles. The Kier molecular flexibility index (Phi) is 4.30. The van der Waals surface area contributed by atoms with E-state index in [1.54, 1.807) is 6.07 Å². The second-order valence-corrected chi connectivity index (χ2v) is 4.30. The Balaban J connectivity index is 2.06. The summed E-state index contributed by atoms with van der Waals surface area (Å²) in [6.07, 6.45) is 0. The number of benzene rings is 1. The number of rotatable bonds is 5. The van der Waals surface area contributed by atoms with Crippen LogP contribution in [-0.2, 0) is 0 Å². The second-order valence-electron chi connectivity index (χ2n) is 4.30. The van der Waals surface area contributed by atoms with Crippen LogP contribution in [0, 0.1) is 6.92 Å². The summed E-state index contributed by atoms with van der Waals surface area (Å²) in [5, 5.41) is 9.60. The van der Waals surface area contributed by atoms with Crippen molar-refractivity contribution < 1.29 is 9.32 Å². The van der Waals surface area contributed by atoms with E-state index in [1.807, 2.05) is 38.2 Å². The van der Waals surface area contributed by atoms with Gasteiger partial charge in [0.1, 0.15) is 5.69 Å². The van der Waals surface area contributed by atoms with Crippen molar-refractivity contribution in [2.45, 2.75) is 6.92 Å². The van der Waals surface area contributed by atoms with E-state index in [4.69, 9.17) is 4.52 Å². The van der Waals surface area contributed by atoms with Gasteiger partial charge in [0, 0.05) is 24.7 Å². The Hall–Kier alpha value is -2.14. The molecule has 0 saturated heterocycles. The van der Waals surface area contributed by atoms with E-state index in [0.717, 1.165) is 5.56 Å². The monoisotopic (exact) mass is 259 g/mol. The molecule has 0 aliphatic rings. The number of aromatic nitrogens is 1. The number of aryl methyl sites for hydroxylation is 1. The molecule has 2 rings (SSSR count). The first-order valence-electron chi connectivity index (χ1n) is 6.17. The molecular weight excluding hydrogens is 242 g/mol. The SMILES string of the molecule is CNCCNC(=O)c1cc(-c2ccc(C)cc2)no1. The molecule has 5 heteroatoms. The molecule has 1 amide bonds. The first-order chi connectivity index (χ1) is 9.20. The molecule has 0 bridgehead atoms. The minimum Gasteiger partial charge on any atom is -0.350 e. The van der Waals surface area contributed by atoms with Gasteiger partial charge in [-0.05, 0) is 14.0 Å². The fourth-order valence-electron chi connectivity index (χ4n) is 1.63. The van der Waals surface area contributed by atoms with Crippen LogP contribution in [0.15, 0.2) is 34.9 Å².